The molecule has 186 valence electrons. The molecule has 3 aromatic carbocycles. The van der Waals surface area contributed by atoms with Gasteiger partial charge in [-0.05, 0) is 33.3 Å². The molecule has 0 bridgehead atoms. The Bertz CT molecular complexity index is 1160. The summed E-state index contributed by atoms with van der Waals surface area (Å²) in [6.07, 6.45) is 0.371. The Labute approximate surface area is 213 Å². The fraction of sp³-hybridized carbons (Fsp3) is 0.300. The molecule has 1 aliphatic heterocycles. The van der Waals surface area contributed by atoms with Crippen LogP contribution in [0, 0.1) is 0 Å². The Morgan fingerprint density at radius 1 is 0.917 bits per heavy atom. The van der Waals surface area contributed by atoms with Crippen molar-refractivity contribution in [2.24, 2.45) is 5.10 Å². The number of amides is 2. The molecule has 4 rings (SSSR count). The van der Waals surface area contributed by atoms with Gasteiger partial charge in [0, 0.05) is 24.1 Å². The molecule has 0 aromatic heterocycles. The maximum atomic E-state index is 13.8. The Balaban J connectivity index is 1.68. The minimum absolute atomic E-state index is 0.222. The largest absolute Gasteiger partial charge is 0.458 e. The van der Waals surface area contributed by atoms with Crippen LogP contribution in [0.1, 0.15) is 44.4 Å². The molecular formula is C30H33N3O3. The number of carbonyl (C=O) groups excluding carboxylic acids is 2. The molecule has 0 N–H and O–H groups in total. The van der Waals surface area contributed by atoms with Gasteiger partial charge in [-0.3, -0.25) is 0 Å². The van der Waals surface area contributed by atoms with Gasteiger partial charge in [-0.15, -0.1) is 0 Å². The first-order chi connectivity index (χ1) is 17.2. The second-order valence-corrected chi connectivity index (χ2v) is 10.0. The van der Waals surface area contributed by atoms with Crippen LogP contribution in [0.4, 0.5) is 4.79 Å². The van der Waals surface area contributed by atoms with Gasteiger partial charge < -0.3 is 9.64 Å². The molecule has 2 amide bonds. The zero-order valence-corrected chi connectivity index (χ0v) is 21.3. The van der Waals surface area contributed by atoms with E-state index in [1.165, 1.54) is 5.01 Å². The van der Waals surface area contributed by atoms with E-state index in [9.17, 15) is 9.59 Å². The van der Waals surface area contributed by atoms with E-state index in [0.717, 1.165) is 16.7 Å². The molecule has 36 heavy (non-hydrogen) atoms. The van der Waals surface area contributed by atoms with Crippen molar-refractivity contribution >= 4 is 17.7 Å². The van der Waals surface area contributed by atoms with E-state index in [1.807, 2.05) is 119 Å². The highest BCUT2D eigenvalue weighted by atomic mass is 16.6. The molecule has 1 unspecified atom stereocenters. The highest BCUT2D eigenvalue weighted by Gasteiger charge is 2.43. The van der Waals surface area contributed by atoms with Gasteiger partial charge >= 0.3 is 12.0 Å². The molecule has 0 saturated carbocycles. The Kier molecular flexibility index (Phi) is 7.53. The van der Waals surface area contributed by atoms with Crippen molar-refractivity contribution in [1.29, 1.82) is 0 Å². The fourth-order valence-corrected chi connectivity index (χ4v) is 4.27. The number of nitrogens with zero attached hydrogens (tertiary/aromatic N) is 3. The van der Waals surface area contributed by atoms with Crippen LogP contribution in [0.2, 0.25) is 0 Å². The molecule has 2 atom stereocenters. The third kappa shape index (κ3) is 6.00. The Hall–Kier alpha value is -3.93. The number of hydrogen-bond acceptors (Lipinski definition) is 4. The number of urea groups is 1. The summed E-state index contributed by atoms with van der Waals surface area (Å²) in [5.74, 6) is -0.413. The van der Waals surface area contributed by atoms with E-state index in [1.54, 1.807) is 4.90 Å². The summed E-state index contributed by atoms with van der Waals surface area (Å²) in [6, 6.07) is 28.1. The number of ether oxygens (including phenoxy) is 1. The van der Waals surface area contributed by atoms with Gasteiger partial charge in [0.1, 0.15) is 11.6 Å². The van der Waals surface area contributed by atoms with Gasteiger partial charge in [-0.2, -0.15) is 5.10 Å². The van der Waals surface area contributed by atoms with Crippen LogP contribution < -0.4 is 0 Å². The number of hydrazone groups is 1. The molecule has 3 aromatic rings. The molecule has 6 nitrogen and oxygen atoms in total. The van der Waals surface area contributed by atoms with Gasteiger partial charge in [0.2, 0.25) is 0 Å². The van der Waals surface area contributed by atoms with Crippen molar-refractivity contribution in [2.75, 3.05) is 6.54 Å². The summed E-state index contributed by atoms with van der Waals surface area (Å²) in [7, 11) is 0. The molecule has 1 aliphatic rings. The highest BCUT2D eigenvalue weighted by Crippen LogP contribution is 2.25. The van der Waals surface area contributed by atoms with Crippen molar-refractivity contribution in [1.82, 2.24) is 9.91 Å². The van der Waals surface area contributed by atoms with Gasteiger partial charge in [0.15, 0.2) is 0 Å². The average molecular weight is 484 g/mol. The summed E-state index contributed by atoms with van der Waals surface area (Å²) in [5.41, 5.74) is 2.83. The first-order valence-corrected chi connectivity index (χ1v) is 12.3. The number of esters is 1. The van der Waals surface area contributed by atoms with Gasteiger partial charge in [0.25, 0.3) is 0 Å². The number of hydrogen-bond donors (Lipinski definition) is 0. The minimum Gasteiger partial charge on any atom is -0.458 e. The number of benzene rings is 3. The molecule has 6 heteroatoms. The first-order valence-electron chi connectivity index (χ1n) is 12.3. The van der Waals surface area contributed by atoms with Crippen molar-refractivity contribution in [2.45, 2.75) is 51.8 Å². The van der Waals surface area contributed by atoms with Crippen LogP contribution in [0.15, 0.2) is 96.1 Å². The van der Waals surface area contributed by atoms with E-state index >= 15 is 0 Å². The summed E-state index contributed by atoms with van der Waals surface area (Å²) in [6.45, 7) is 7.82. The second-order valence-electron chi connectivity index (χ2n) is 10.0. The van der Waals surface area contributed by atoms with Crippen LogP contribution in [-0.2, 0) is 16.0 Å². The average Bonchev–Trinajstić information content (AvgIpc) is 3.14. The van der Waals surface area contributed by atoms with Crippen LogP contribution >= 0.6 is 0 Å². The van der Waals surface area contributed by atoms with Crippen LogP contribution in [0.25, 0.3) is 0 Å². The van der Waals surface area contributed by atoms with Gasteiger partial charge in [-0.1, -0.05) is 91.0 Å². The van der Waals surface area contributed by atoms with Crippen molar-refractivity contribution < 1.29 is 14.3 Å². The molecule has 1 heterocycles. The number of rotatable bonds is 7. The normalized spacial score (nSPS) is 16.6. The molecule has 1 saturated heterocycles. The van der Waals surface area contributed by atoms with E-state index in [-0.39, 0.29) is 12.1 Å². The highest BCUT2D eigenvalue weighted by molar-refractivity contribution is 6.13. The predicted molar refractivity (Wildman–Crippen MR) is 142 cm³/mol. The molecular weight excluding hydrogens is 450 g/mol. The van der Waals surface area contributed by atoms with Crippen LogP contribution in [0.3, 0.4) is 0 Å². The van der Waals surface area contributed by atoms with Gasteiger partial charge in [0.05, 0.1) is 11.8 Å². The van der Waals surface area contributed by atoms with Crippen LogP contribution in [-0.4, -0.2) is 51.9 Å². The maximum Gasteiger partial charge on any atom is 0.341 e. The lowest BCUT2D eigenvalue weighted by Crippen LogP contribution is -2.47. The minimum atomic E-state index is -0.751. The summed E-state index contributed by atoms with van der Waals surface area (Å²) >= 11 is 0. The molecule has 0 radical (unpaired) electrons. The summed E-state index contributed by atoms with van der Waals surface area (Å²) < 4.78 is 5.74. The predicted octanol–water partition coefficient (Wildman–Crippen LogP) is 5.52. The molecule has 1 fully saturated rings. The zero-order chi connectivity index (χ0) is 25.7. The van der Waals surface area contributed by atoms with E-state index in [4.69, 9.17) is 9.84 Å². The van der Waals surface area contributed by atoms with Crippen molar-refractivity contribution in [3.05, 3.63) is 108 Å². The fourth-order valence-electron chi connectivity index (χ4n) is 4.27. The lowest BCUT2D eigenvalue weighted by atomic mass is 10.0. The zero-order valence-electron chi connectivity index (χ0n) is 21.3. The lowest BCUT2D eigenvalue weighted by molar-refractivity contribution is -0.160. The van der Waals surface area contributed by atoms with Gasteiger partial charge in [-0.25, -0.2) is 14.6 Å². The maximum absolute atomic E-state index is 13.8. The summed E-state index contributed by atoms with van der Waals surface area (Å²) in [5, 5.41) is 6.36. The molecule has 0 aliphatic carbocycles. The van der Waals surface area contributed by atoms with E-state index in [0.29, 0.717) is 18.7 Å². The van der Waals surface area contributed by atoms with Crippen LogP contribution in [0.5, 0.6) is 0 Å². The monoisotopic (exact) mass is 483 g/mol. The SMILES string of the molecule is CC1CN([C@@H](Cc2ccccc2)C(=O)OC(C)(C)C)C(=O)N1N=C(c1ccccc1)c1ccccc1. The first kappa shape index (κ1) is 25.2. The quantitative estimate of drug-likeness (QED) is 0.328. The standard InChI is InChI=1S/C30H33N3O3/c1-22-21-32(26(28(34)36-30(2,3)4)20-23-14-8-5-9-15-23)29(35)33(22)31-27(24-16-10-6-11-17-24)25-18-12-7-13-19-25/h5-19,22,26H,20-21H2,1-4H3/t22?,26-/m0/s1. The third-order valence-corrected chi connectivity index (χ3v) is 5.95. The Morgan fingerprint density at radius 3 is 1.92 bits per heavy atom. The molecule has 0 spiro atoms. The topological polar surface area (TPSA) is 62.2 Å². The van der Waals surface area contributed by atoms with E-state index < -0.39 is 17.6 Å². The van der Waals surface area contributed by atoms with E-state index in [2.05, 4.69) is 0 Å². The number of carbonyl (C=O) groups is 2. The Morgan fingerprint density at radius 2 is 1.42 bits per heavy atom. The summed E-state index contributed by atoms with van der Waals surface area (Å²) in [4.78, 5) is 28.7. The third-order valence-electron chi connectivity index (χ3n) is 5.95. The lowest BCUT2D eigenvalue weighted by Gasteiger charge is -2.29. The second kappa shape index (κ2) is 10.8. The van der Waals surface area contributed by atoms with Crippen molar-refractivity contribution in [3.8, 4) is 0 Å². The van der Waals surface area contributed by atoms with Crippen molar-refractivity contribution in [3.63, 3.8) is 0 Å². The smallest absolute Gasteiger partial charge is 0.341 e.